The van der Waals surface area contributed by atoms with Gasteiger partial charge in [-0.25, -0.2) is 9.78 Å². The van der Waals surface area contributed by atoms with Crippen molar-refractivity contribution < 1.29 is 14.3 Å². The molecule has 8 nitrogen and oxygen atoms in total. The van der Waals surface area contributed by atoms with E-state index < -0.39 is 0 Å². The topological polar surface area (TPSA) is 79.7 Å². The van der Waals surface area contributed by atoms with Gasteiger partial charge in [-0.15, -0.1) is 0 Å². The second-order valence-corrected chi connectivity index (χ2v) is 6.40. The molecule has 0 atom stereocenters. The maximum Gasteiger partial charge on any atom is 0.322 e. The Kier molecular flexibility index (Phi) is 4.83. The standard InChI is InChI=1S/C18H23N5O3/c1-12-16(17(24)21(2)3)23-9-8-22(11-15(23)19-12)18(25)20-13-6-5-7-14(10-13)26-4/h5-7,10H,8-9,11H2,1-4H3,(H,20,25). The molecule has 2 aromatic rings. The van der Waals surface area contributed by atoms with E-state index in [2.05, 4.69) is 10.3 Å². The van der Waals surface area contributed by atoms with Gasteiger partial charge in [0.05, 0.1) is 19.3 Å². The molecule has 0 aliphatic carbocycles. The van der Waals surface area contributed by atoms with Gasteiger partial charge in [-0.05, 0) is 19.1 Å². The van der Waals surface area contributed by atoms with Crippen molar-refractivity contribution in [1.82, 2.24) is 19.4 Å². The van der Waals surface area contributed by atoms with E-state index in [-0.39, 0.29) is 11.9 Å². The van der Waals surface area contributed by atoms with E-state index in [0.717, 1.165) is 5.82 Å². The third-order valence-electron chi connectivity index (χ3n) is 4.36. The molecule has 0 radical (unpaired) electrons. The number of amides is 3. The molecule has 3 rings (SSSR count). The molecule has 0 spiro atoms. The number of hydrogen-bond donors (Lipinski definition) is 1. The maximum absolute atomic E-state index is 12.6. The zero-order chi connectivity index (χ0) is 18.8. The van der Waals surface area contributed by atoms with Crippen molar-refractivity contribution in [3.63, 3.8) is 0 Å². The van der Waals surface area contributed by atoms with Gasteiger partial charge >= 0.3 is 6.03 Å². The predicted octanol–water partition coefficient (Wildman–Crippen LogP) is 1.95. The highest BCUT2D eigenvalue weighted by Crippen LogP contribution is 2.21. The second kappa shape index (κ2) is 7.07. The zero-order valence-corrected chi connectivity index (χ0v) is 15.4. The lowest BCUT2D eigenvalue weighted by molar-refractivity contribution is 0.0813. The first-order valence-corrected chi connectivity index (χ1v) is 8.38. The van der Waals surface area contributed by atoms with Crippen molar-refractivity contribution in [3.05, 3.63) is 41.5 Å². The van der Waals surface area contributed by atoms with Crippen LogP contribution in [0.2, 0.25) is 0 Å². The van der Waals surface area contributed by atoms with Crippen molar-refractivity contribution in [2.24, 2.45) is 0 Å². The maximum atomic E-state index is 12.6. The fraction of sp³-hybridized carbons (Fsp3) is 0.389. The molecular formula is C18H23N5O3. The molecule has 1 aromatic carbocycles. The lowest BCUT2D eigenvalue weighted by Gasteiger charge is -2.28. The number of aryl methyl sites for hydroxylation is 1. The Morgan fingerprint density at radius 1 is 1.27 bits per heavy atom. The Bertz CT molecular complexity index is 843. The first kappa shape index (κ1) is 17.8. The number of hydrogen-bond acceptors (Lipinski definition) is 4. The van der Waals surface area contributed by atoms with Crippen molar-refractivity contribution in [1.29, 1.82) is 0 Å². The van der Waals surface area contributed by atoms with Gasteiger partial charge < -0.3 is 24.4 Å². The summed E-state index contributed by atoms with van der Waals surface area (Å²) >= 11 is 0. The number of rotatable bonds is 3. The van der Waals surface area contributed by atoms with Gasteiger partial charge in [0, 0.05) is 38.9 Å². The molecule has 1 aliphatic heterocycles. The minimum Gasteiger partial charge on any atom is -0.497 e. The Morgan fingerprint density at radius 3 is 2.73 bits per heavy atom. The van der Waals surface area contributed by atoms with E-state index in [1.54, 1.807) is 37.1 Å². The number of anilines is 1. The number of methoxy groups -OCH3 is 1. The number of imidazole rings is 1. The third kappa shape index (κ3) is 3.35. The van der Waals surface area contributed by atoms with E-state index in [1.165, 1.54) is 0 Å². The predicted molar refractivity (Wildman–Crippen MR) is 97.4 cm³/mol. The Balaban J connectivity index is 1.75. The first-order chi connectivity index (χ1) is 12.4. The van der Waals surface area contributed by atoms with Crippen LogP contribution in [0.5, 0.6) is 5.75 Å². The van der Waals surface area contributed by atoms with E-state index >= 15 is 0 Å². The van der Waals surface area contributed by atoms with Crippen LogP contribution in [0, 0.1) is 6.92 Å². The average Bonchev–Trinajstić information content (AvgIpc) is 2.95. The number of carbonyl (C=O) groups excluding carboxylic acids is 2. The summed E-state index contributed by atoms with van der Waals surface area (Å²) in [5.41, 5.74) is 1.95. The van der Waals surface area contributed by atoms with E-state index in [1.807, 2.05) is 29.7 Å². The number of carbonyl (C=O) groups is 2. The Morgan fingerprint density at radius 2 is 2.04 bits per heavy atom. The number of urea groups is 1. The molecular weight excluding hydrogens is 334 g/mol. The summed E-state index contributed by atoms with van der Waals surface area (Å²) < 4.78 is 7.08. The first-order valence-electron chi connectivity index (χ1n) is 8.38. The van der Waals surface area contributed by atoms with Gasteiger partial charge in [-0.1, -0.05) is 6.07 Å². The lowest BCUT2D eigenvalue weighted by Crippen LogP contribution is -2.41. The van der Waals surface area contributed by atoms with Crippen LogP contribution >= 0.6 is 0 Å². The SMILES string of the molecule is COc1cccc(NC(=O)N2CCn3c(nc(C)c3C(=O)N(C)C)C2)c1. The van der Waals surface area contributed by atoms with Crippen molar-refractivity contribution in [3.8, 4) is 5.75 Å². The summed E-state index contributed by atoms with van der Waals surface area (Å²) in [6, 6.07) is 7.01. The highest BCUT2D eigenvalue weighted by atomic mass is 16.5. The molecule has 0 saturated heterocycles. The highest BCUT2D eigenvalue weighted by molar-refractivity contribution is 5.93. The minimum atomic E-state index is -0.203. The normalized spacial score (nSPS) is 13.2. The van der Waals surface area contributed by atoms with Crippen LogP contribution in [0.4, 0.5) is 10.5 Å². The monoisotopic (exact) mass is 357 g/mol. The van der Waals surface area contributed by atoms with Crippen LogP contribution < -0.4 is 10.1 Å². The number of nitrogens with one attached hydrogen (secondary N) is 1. The molecule has 26 heavy (non-hydrogen) atoms. The lowest BCUT2D eigenvalue weighted by atomic mass is 10.3. The van der Waals surface area contributed by atoms with Gasteiger partial charge in [-0.3, -0.25) is 4.79 Å². The summed E-state index contributed by atoms with van der Waals surface area (Å²) in [5, 5.41) is 2.87. The van der Waals surface area contributed by atoms with Gasteiger partial charge in [-0.2, -0.15) is 0 Å². The highest BCUT2D eigenvalue weighted by Gasteiger charge is 2.28. The molecule has 0 fully saturated rings. The molecule has 1 aliphatic rings. The smallest absolute Gasteiger partial charge is 0.322 e. The molecule has 3 amide bonds. The zero-order valence-electron chi connectivity index (χ0n) is 15.4. The molecule has 1 aromatic heterocycles. The largest absolute Gasteiger partial charge is 0.497 e. The average molecular weight is 357 g/mol. The van der Waals surface area contributed by atoms with Crippen LogP contribution in [-0.2, 0) is 13.1 Å². The van der Waals surface area contributed by atoms with Crippen LogP contribution in [-0.4, -0.2) is 59.0 Å². The van der Waals surface area contributed by atoms with Gasteiger partial charge in [0.15, 0.2) is 0 Å². The summed E-state index contributed by atoms with van der Waals surface area (Å²) in [4.78, 5) is 32.7. The molecule has 2 heterocycles. The van der Waals surface area contributed by atoms with E-state index in [4.69, 9.17) is 4.74 Å². The summed E-state index contributed by atoms with van der Waals surface area (Å²) in [5.74, 6) is 1.33. The van der Waals surface area contributed by atoms with Crippen LogP contribution in [0.15, 0.2) is 24.3 Å². The Hall–Kier alpha value is -3.03. The van der Waals surface area contributed by atoms with Crippen molar-refractivity contribution in [2.75, 3.05) is 33.1 Å². The van der Waals surface area contributed by atoms with Crippen molar-refractivity contribution in [2.45, 2.75) is 20.0 Å². The summed E-state index contributed by atoms with van der Waals surface area (Å²) in [6.07, 6.45) is 0. The number of fused-ring (bicyclic) bond motifs is 1. The molecule has 0 unspecified atom stereocenters. The van der Waals surface area contributed by atoms with Gasteiger partial charge in [0.25, 0.3) is 5.91 Å². The van der Waals surface area contributed by atoms with Crippen LogP contribution in [0.1, 0.15) is 22.0 Å². The minimum absolute atomic E-state index is 0.0736. The fourth-order valence-electron chi connectivity index (χ4n) is 3.02. The summed E-state index contributed by atoms with van der Waals surface area (Å²) in [7, 11) is 5.03. The molecule has 138 valence electrons. The third-order valence-corrected chi connectivity index (χ3v) is 4.36. The molecule has 1 N–H and O–H groups in total. The van der Waals surface area contributed by atoms with Crippen LogP contribution in [0.3, 0.4) is 0 Å². The van der Waals surface area contributed by atoms with Crippen LogP contribution in [0.25, 0.3) is 0 Å². The van der Waals surface area contributed by atoms with Gasteiger partial charge in [0.2, 0.25) is 0 Å². The number of benzene rings is 1. The molecule has 0 saturated carbocycles. The number of nitrogens with zero attached hydrogens (tertiary/aromatic N) is 4. The number of ether oxygens (including phenoxy) is 1. The number of aromatic nitrogens is 2. The fourth-order valence-corrected chi connectivity index (χ4v) is 3.02. The van der Waals surface area contributed by atoms with Crippen molar-refractivity contribution >= 4 is 17.6 Å². The Labute approximate surface area is 152 Å². The quantitative estimate of drug-likeness (QED) is 0.911. The van der Waals surface area contributed by atoms with E-state index in [0.29, 0.717) is 42.5 Å². The molecule has 0 bridgehead atoms. The second-order valence-electron chi connectivity index (χ2n) is 6.40. The van der Waals surface area contributed by atoms with E-state index in [9.17, 15) is 9.59 Å². The summed E-state index contributed by atoms with van der Waals surface area (Å²) in [6.45, 7) is 3.23. The van der Waals surface area contributed by atoms with Gasteiger partial charge in [0.1, 0.15) is 17.3 Å². The molecule has 8 heteroatoms.